The van der Waals surface area contributed by atoms with Gasteiger partial charge in [-0.1, -0.05) is 30.3 Å². The molecule has 5 heteroatoms. The van der Waals surface area contributed by atoms with Crippen LogP contribution in [-0.4, -0.2) is 15.4 Å². The molecule has 0 aromatic heterocycles. The molecule has 4 nitrogen and oxygen atoms in total. The molecule has 0 bridgehead atoms. The van der Waals surface area contributed by atoms with Crippen molar-refractivity contribution < 1.29 is 13.6 Å². The summed E-state index contributed by atoms with van der Waals surface area (Å²) in [6.07, 6.45) is 0.434. The average Bonchev–Trinajstić information content (AvgIpc) is 2.19. The van der Waals surface area contributed by atoms with Gasteiger partial charge >= 0.3 is 0 Å². The molecule has 0 aliphatic heterocycles. The van der Waals surface area contributed by atoms with Gasteiger partial charge in [0.15, 0.2) is 11.1 Å². The summed E-state index contributed by atoms with van der Waals surface area (Å²) in [4.78, 5) is 4.40. The van der Waals surface area contributed by atoms with Crippen molar-refractivity contribution in [2.75, 3.05) is 6.61 Å². The van der Waals surface area contributed by atoms with Crippen LogP contribution in [0.3, 0.4) is 0 Å². The fraction of sp³-hybridized carbons (Fsp3) is 0.333. The van der Waals surface area contributed by atoms with Gasteiger partial charge < -0.3 is 9.39 Å². The summed E-state index contributed by atoms with van der Waals surface area (Å²) in [5.41, 5.74) is 0.824. The maximum atomic E-state index is 11.0. The largest absolute Gasteiger partial charge is 0.306 e. The number of hydrogen-bond acceptors (Lipinski definition) is 3. The van der Waals surface area contributed by atoms with E-state index in [2.05, 4.69) is 4.84 Å². The van der Waals surface area contributed by atoms with E-state index >= 15 is 0 Å². The molecular weight excluding hydrogens is 202 g/mol. The third-order valence-corrected chi connectivity index (χ3v) is 2.91. The molecule has 0 spiro atoms. The lowest BCUT2D eigenvalue weighted by molar-refractivity contribution is 0.134. The molecule has 1 rings (SSSR count). The molecule has 0 fully saturated rings. The van der Waals surface area contributed by atoms with Crippen molar-refractivity contribution in [1.29, 1.82) is 0 Å². The Hall–Kier alpha value is -0.750. The van der Waals surface area contributed by atoms with Crippen LogP contribution in [0.15, 0.2) is 30.3 Å². The molecule has 1 unspecified atom stereocenters. The Kier molecular flexibility index (Phi) is 4.75. The zero-order chi connectivity index (χ0) is 10.4. The normalized spacial score (nSPS) is 15.0. The van der Waals surface area contributed by atoms with E-state index in [1.54, 1.807) is 0 Å². The predicted octanol–water partition coefficient (Wildman–Crippen LogP) is 1.23. The Morgan fingerprint density at radius 2 is 2.07 bits per heavy atom. The lowest BCUT2D eigenvalue weighted by Gasteiger charge is -2.11. The molecule has 0 radical (unpaired) electrons. The Morgan fingerprint density at radius 1 is 1.43 bits per heavy atom. The lowest BCUT2D eigenvalue weighted by atomic mass is 10.1. The van der Waals surface area contributed by atoms with Crippen molar-refractivity contribution in [2.45, 2.75) is 11.7 Å². The van der Waals surface area contributed by atoms with Gasteiger partial charge in [0.2, 0.25) is 0 Å². The van der Waals surface area contributed by atoms with Gasteiger partial charge in [-0.25, -0.2) is 10.1 Å². The number of nitrogens with two attached hydrogens (primary N) is 1. The van der Waals surface area contributed by atoms with Crippen molar-refractivity contribution in [2.24, 2.45) is 5.90 Å². The van der Waals surface area contributed by atoms with E-state index in [-0.39, 0.29) is 6.61 Å². The van der Waals surface area contributed by atoms with E-state index in [0.29, 0.717) is 6.42 Å². The second-order valence-electron chi connectivity index (χ2n) is 2.83. The van der Waals surface area contributed by atoms with Crippen LogP contribution in [-0.2, 0) is 15.9 Å². The fourth-order valence-corrected chi connectivity index (χ4v) is 1.91. The first kappa shape index (κ1) is 11.3. The molecule has 1 aromatic rings. The van der Waals surface area contributed by atoms with Gasteiger partial charge in [0.05, 0.1) is 11.9 Å². The van der Waals surface area contributed by atoms with E-state index < -0.39 is 16.3 Å². The van der Waals surface area contributed by atoms with Gasteiger partial charge in [0.25, 0.3) is 0 Å². The standard InChI is InChI=1S/C9H13NO3S/c10-13-7-6-9(14(11)12)8-4-2-1-3-5-8/h1-5,9H,6-7,10H2,(H,11,12)/t9-/m1/s1. The molecule has 78 valence electrons. The molecule has 0 saturated carbocycles. The summed E-state index contributed by atoms with van der Waals surface area (Å²) >= 11 is -1.89. The minimum atomic E-state index is -1.89. The number of rotatable bonds is 5. The van der Waals surface area contributed by atoms with Gasteiger partial charge in [0.1, 0.15) is 0 Å². The third-order valence-electron chi connectivity index (χ3n) is 1.91. The Labute approximate surface area is 85.3 Å². The molecule has 0 amide bonds. The average molecular weight is 215 g/mol. The first-order chi connectivity index (χ1) is 6.75. The monoisotopic (exact) mass is 215 g/mol. The Bertz CT molecular complexity index is 291. The topological polar surface area (TPSA) is 72.5 Å². The van der Waals surface area contributed by atoms with Gasteiger partial charge in [-0.2, -0.15) is 0 Å². The fourth-order valence-electron chi connectivity index (χ4n) is 1.23. The summed E-state index contributed by atoms with van der Waals surface area (Å²) in [6, 6.07) is 9.15. The highest BCUT2D eigenvalue weighted by atomic mass is 32.2. The van der Waals surface area contributed by atoms with Crippen molar-refractivity contribution >= 4 is 11.1 Å². The highest BCUT2D eigenvalue weighted by Gasteiger charge is 2.16. The molecular formula is C9H13NO3S. The smallest absolute Gasteiger partial charge is 0.160 e. The van der Waals surface area contributed by atoms with Crippen molar-refractivity contribution in [3.63, 3.8) is 0 Å². The number of hydrogen-bond donors (Lipinski definition) is 2. The maximum absolute atomic E-state index is 11.0. The summed E-state index contributed by atoms with van der Waals surface area (Å²) in [6.45, 7) is 0.270. The molecule has 1 aromatic carbocycles. The third kappa shape index (κ3) is 3.19. The highest BCUT2D eigenvalue weighted by Crippen LogP contribution is 2.21. The highest BCUT2D eigenvalue weighted by molar-refractivity contribution is 7.79. The lowest BCUT2D eigenvalue weighted by Crippen LogP contribution is -2.11. The first-order valence-corrected chi connectivity index (χ1v) is 5.39. The molecule has 0 heterocycles. The van der Waals surface area contributed by atoms with Crippen LogP contribution < -0.4 is 5.90 Å². The zero-order valence-corrected chi connectivity index (χ0v) is 8.44. The van der Waals surface area contributed by atoms with E-state index in [9.17, 15) is 4.21 Å². The van der Waals surface area contributed by atoms with E-state index in [4.69, 9.17) is 10.4 Å². The van der Waals surface area contributed by atoms with E-state index in [1.807, 2.05) is 30.3 Å². The Morgan fingerprint density at radius 3 is 2.57 bits per heavy atom. The van der Waals surface area contributed by atoms with E-state index in [0.717, 1.165) is 5.56 Å². The molecule has 0 aliphatic rings. The van der Waals surface area contributed by atoms with Crippen LogP contribution in [0.2, 0.25) is 0 Å². The van der Waals surface area contributed by atoms with Gasteiger partial charge in [0, 0.05) is 0 Å². The molecule has 0 aliphatic carbocycles. The van der Waals surface area contributed by atoms with Crippen LogP contribution in [0.5, 0.6) is 0 Å². The van der Waals surface area contributed by atoms with Crippen LogP contribution >= 0.6 is 0 Å². The van der Waals surface area contributed by atoms with Crippen LogP contribution in [0.4, 0.5) is 0 Å². The summed E-state index contributed by atoms with van der Waals surface area (Å²) in [7, 11) is 0. The minimum absolute atomic E-state index is 0.270. The number of benzene rings is 1. The molecule has 0 saturated heterocycles. The van der Waals surface area contributed by atoms with Gasteiger partial charge in [-0.15, -0.1) is 0 Å². The zero-order valence-electron chi connectivity index (χ0n) is 7.63. The first-order valence-electron chi connectivity index (χ1n) is 4.22. The summed E-state index contributed by atoms with van der Waals surface area (Å²) < 4.78 is 20.1. The molecule has 3 N–H and O–H groups in total. The van der Waals surface area contributed by atoms with Crippen LogP contribution in [0.1, 0.15) is 17.2 Å². The Balaban J connectivity index is 2.73. The quantitative estimate of drug-likeness (QED) is 0.572. The van der Waals surface area contributed by atoms with Gasteiger partial charge in [-0.3, -0.25) is 0 Å². The molecule has 14 heavy (non-hydrogen) atoms. The second kappa shape index (κ2) is 5.87. The predicted molar refractivity (Wildman–Crippen MR) is 54.7 cm³/mol. The van der Waals surface area contributed by atoms with Crippen LogP contribution in [0, 0.1) is 0 Å². The SMILES string of the molecule is NOCC[C@H](c1ccccc1)S(=O)O. The van der Waals surface area contributed by atoms with E-state index in [1.165, 1.54) is 0 Å². The molecule has 2 atom stereocenters. The summed E-state index contributed by atoms with van der Waals surface area (Å²) in [5.74, 6) is 4.87. The van der Waals surface area contributed by atoms with Crippen molar-refractivity contribution in [1.82, 2.24) is 0 Å². The minimum Gasteiger partial charge on any atom is -0.306 e. The second-order valence-corrected chi connectivity index (χ2v) is 3.96. The van der Waals surface area contributed by atoms with Gasteiger partial charge in [-0.05, 0) is 12.0 Å². The summed E-state index contributed by atoms with van der Waals surface area (Å²) in [5, 5.41) is -0.431. The van der Waals surface area contributed by atoms with Crippen molar-refractivity contribution in [3.8, 4) is 0 Å². The van der Waals surface area contributed by atoms with Crippen molar-refractivity contribution in [3.05, 3.63) is 35.9 Å². The maximum Gasteiger partial charge on any atom is 0.160 e. The van der Waals surface area contributed by atoms with Crippen LogP contribution in [0.25, 0.3) is 0 Å².